The third kappa shape index (κ3) is 2.41. The second kappa shape index (κ2) is 5.52. The monoisotopic (exact) mass is 295 g/mol. The molecule has 0 saturated carbocycles. The van der Waals surface area contributed by atoms with Gasteiger partial charge < -0.3 is 15.0 Å². The Balaban J connectivity index is 2.13. The number of aromatic nitrogens is 2. The Morgan fingerprint density at radius 2 is 2.00 bits per heavy atom. The lowest BCUT2D eigenvalue weighted by Crippen LogP contribution is -2.30. The van der Waals surface area contributed by atoms with Crippen molar-refractivity contribution >= 4 is 16.9 Å². The molecule has 112 valence electrons. The maximum absolute atomic E-state index is 11.3. The van der Waals surface area contributed by atoms with E-state index in [1.165, 1.54) is 0 Å². The van der Waals surface area contributed by atoms with E-state index in [0.29, 0.717) is 5.75 Å². The van der Waals surface area contributed by atoms with Crippen molar-refractivity contribution in [1.82, 2.24) is 9.55 Å². The van der Waals surface area contributed by atoms with E-state index in [1.807, 2.05) is 54.2 Å². The average molecular weight is 295 g/mol. The van der Waals surface area contributed by atoms with Crippen molar-refractivity contribution in [1.29, 1.82) is 0 Å². The van der Waals surface area contributed by atoms with Gasteiger partial charge in [0, 0.05) is 30.4 Å². The zero-order valence-corrected chi connectivity index (χ0v) is 12.5. The Labute approximate surface area is 128 Å². The summed E-state index contributed by atoms with van der Waals surface area (Å²) in [5.74, 6) is 0.138. The average Bonchev–Trinajstić information content (AvgIpc) is 2.89. The van der Waals surface area contributed by atoms with E-state index in [1.54, 1.807) is 13.1 Å². The van der Waals surface area contributed by atoms with Crippen molar-refractivity contribution in [2.24, 2.45) is 12.8 Å². The zero-order valence-electron chi connectivity index (χ0n) is 12.5. The van der Waals surface area contributed by atoms with Crippen molar-refractivity contribution in [2.45, 2.75) is 13.0 Å². The number of carbonyl (C=O) groups is 1. The predicted octanol–water partition coefficient (Wildman–Crippen LogP) is 2.49. The molecule has 0 spiro atoms. The highest BCUT2D eigenvalue weighted by molar-refractivity contribution is 5.95. The van der Waals surface area contributed by atoms with Crippen LogP contribution in [0.4, 0.5) is 0 Å². The van der Waals surface area contributed by atoms with Crippen LogP contribution in [0, 0.1) is 0 Å². The quantitative estimate of drug-likeness (QED) is 0.804. The van der Waals surface area contributed by atoms with E-state index in [4.69, 9.17) is 10.5 Å². The maximum Gasteiger partial charge on any atom is 0.258 e. The topological polar surface area (TPSA) is 70.1 Å². The highest BCUT2D eigenvalue weighted by Gasteiger charge is 2.15. The molecule has 3 rings (SSSR count). The third-order valence-electron chi connectivity index (χ3n) is 3.65. The van der Waals surface area contributed by atoms with Gasteiger partial charge in [-0.25, -0.2) is 4.98 Å². The molecule has 0 unspecified atom stereocenters. The number of pyridine rings is 1. The van der Waals surface area contributed by atoms with Crippen LogP contribution in [0.25, 0.3) is 22.2 Å². The Morgan fingerprint density at radius 1 is 1.23 bits per heavy atom. The minimum absolute atomic E-state index is 0.491. The van der Waals surface area contributed by atoms with Crippen LogP contribution >= 0.6 is 0 Å². The van der Waals surface area contributed by atoms with Crippen LogP contribution in [0.3, 0.4) is 0 Å². The molecule has 2 heterocycles. The molecule has 5 heteroatoms. The molecule has 3 aromatic rings. The lowest BCUT2D eigenvalue weighted by atomic mass is 10.0. The van der Waals surface area contributed by atoms with E-state index in [2.05, 4.69) is 4.98 Å². The molecule has 0 bridgehead atoms. The van der Waals surface area contributed by atoms with Gasteiger partial charge in [0.1, 0.15) is 11.4 Å². The number of para-hydroxylation sites is 1. The normalized spacial score (nSPS) is 12.3. The zero-order chi connectivity index (χ0) is 15.7. The first-order valence-electron chi connectivity index (χ1n) is 7.03. The summed E-state index contributed by atoms with van der Waals surface area (Å²) in [6.07, 6.45) is 3.05. The van der Waals surface area contributed by atoms with Gasteiger partial charge in [-0.15, -0.1) is 0 Å². The fourth-order valence-corrected chi connectivity index (χ4v) is 2.44. The second-order valence-electron chi connectivity index (χ2n) is 5.18. The number of ether oxygens (including phenoxy) is 1. The molecule has 0 fully saturated rings. The van der Waals surface area contributed by atoms with Crippen LogP contribution in [0.5, 0.6) is 5.75 Å². The standard InChI is InChI=1S/C17H17N3O2/c1-11(16(18)21)22-15-6-4-3-5-13(15)12-7-9-19-17-14(12)8-10-20(17)2/h3-11H,1-2H3,(H2,18,21)/t11-/m1/s1. The lowest BCUT2D eigenvalue weighted by molar-refractivity contribution is -0.123. The number of fused-ring (bicyclic) bond motifs is 1. The van der Waals surface area contributed by atoms with E-state index in [9.17, 15) is 4.79 Å². The lowest BCUT2D eigenvalue weighted by Gasteiger charge is -2.15. The van der Waals surface area contributed by atoms with Crippen molar-refractivity contribution in [2.75, 3.05) is 0 Å². The summed E-state index contributed by atoms with van der Waals surface area (Å²) < 4.78 is 7.68. The van der Waals surface area contributed by atoms with Gasteiger partial charge in [-0.05, 0) is 30.7 Å². The SMILES string of the molecule is C[C@@H](Oc1ccccc1-c1ccnc2c1ccn2C)C(N)=O. The number of amides is 1. The van der Waals surface area contributed by atoms with Crippen LogP contribution in [0.15, 0.2) is 48.8 Å². The number of rotatable bonds is 4. The Kier molecular flexibility index (Phi) is 3.55. The van der Waals surface area contributed by atoms with Gasteiger partial charge in [0.15, 0.2) is 6.10 Å². The molecular formula is C17H17N3O2. The van der Waals surface area contributed by atoms with Gasteiger partial charge >= 0.3 is 0 Å². The fourth-order valence-electron chi connectivity index (χ4n) is 2.44. The highest BCUT2D eigenvalue weighted by Crippen LogP contribution is 2.34. The van der Waals surface area contributed by atoms with Crippen LogP contribution < -0.4 is 10.5 Å². The van der Waals surface area contributed by atoms with E-state index >= 15 is 0 Å². The summed E-state index contributed by atoms with van der Waals surface area (Å²) in [5, 5.41) is 1.03. The molecule has 0 radical (unpaired) electrons. The number of carbonyl (C=O) groups excluding carboxylic acids is 1. The fraction of sp³-hybridized carbons (Fsp3) is 0.176. The highest BCUT2D eigenvalue weighted by atomic mass is 16.5. The third-order valence-corrected chi connectivity index (χ3v) is 3.65. The summed E-state index contributed by atoms with van der Waals surface area (Å²) in [6, 6.07) is 11.6. The number of aryl methyl sites for hydroxylation is 1. The van der Waals surface area contributed by atoms with Gasteiger partial charge in [-0.3, -0.25) is 4.79 Å². The first kappa shape index (κ1) is 14.1. The molecule has 0 aliphatic heterocycles. The summed E-state index contributed by atoms with van der Waals surface area (Å²) in [7, 11) is 1.96. The summed E-state index contributed by atoms with van der Waals surface area (Å²) >= 11 is 0. The predicted molar refractivity (Wildman–Crippen MR) is 85.4 cm³/mol. The molecule has 0 aliphatic rings. The molecule has 1 aromatic carbocycles. The second-order valence-corrected chi connectivity index (χ2v) is 5.18. The molecular weight excluding hydrogens is 278 g/mol. The molecule has 5 nitrogen and oxygen atoms in total. The summed E-state index contributed by atoms with van der Waals surface area (Å²) in [5.41, 5.74) is 8.11. The van der Waals surface area contributed by atoms with Gasteiger partial charge in [-0.2, -0.15) is 0 Å². The van der Waals surface area contributed by atoms with E-state index in [-0.39, 0.29) is 0 Å². The molecule has 0 saturated heterocycles. The Morgan fingerprint density at radius 3 is 2.77 bits per heavy atom. The number of primary amides is 1. The van der Waals surface area contributed by atoms with Gasteiger partial charge in [0.25, 0.3) is 5.91 Å². The van der Waals surface area contributed by atoms with Gasteiger partial charge in [0.2, 0.25) is 0 Å². The van der Waals surface area contributed by atoms with Crippen LogP contribution in [0.2, 0.25) is 0 Å². The molecule has 0 aliphatic carbocycles. The van der Waals surface area contributed by atoms with Gasteiger partial charge in [0.05, 0.1) is 0 Å². The minimum atomic E-state index is -0.686. The van der Waals surface area contributed by atoms with Crippen molar-refractivity contribution < 1.29 is 9.53 Å². The largest absolute Gasteiger partial charge is 0.480 e. The molecule has 1 amide bonds. The van der Waals surface area contributed by atoms with Crippen LogP contribution in [0.1, 0.15) is 6.92 Å². The number of nitrogens with zero attached hydrogens (tertiary/aromatic N) is 2. The van der Waals surface area contributed by atoms with Crippen LogP contribution in [-0.4, -0.2) is 21.6 Å². The minimum Gasteiger partial charge on any atom is -0.480 e. The Bertz CT molecular complexity index is 839. The van der Waals surface area contributed by atoms with Gasteiger partial charge in [-0.1, -0.05) is 18.2 Å². The first-order valence-corrected chi connectivity index (χ1v) is 7.03. The van der Waals surface area contributed by atoms with E-state index in [0.717, 1.165) is 22.2 Å². The summed E-state index contributed by atoms with van der Waals surface area (Å²) in [4.78, 5) is 15.6. The Hall–Kier alpha value is -2.82. The number of benzene rings is 1. The molecule has 1 atom stereocenters. The molecule has 2 N–H and O–H groups in total. The maximum atomic E-state index is 11.3. The van der Waals surface area contributed by atoms with Crippen LogP contribution in [-0.2, 0) is 11.8 Å². The molecule has 2 aromatic heterocycles. The van der Waals surface area contributed by atoms with E-state index < -0.39 is 12.0 Å². The number of hydrogen-bond donors (Lipinski definition) is 1. The number of nitrogens with two attached hydrogens (primary N) is 1. The summed E-state index contributed by atoms with van der Waals surface area (Å²) in [6.45, 7) is 1.64. The molecule has 22 heavy (non-hydrogen) atoms. The number of hydrogen-bond acceptors (Lipinski definition) is 3. The first-order chi connectivity index (χ1) is 10.6. The van der Waals surface area contributed by atoms with Crippen molar-refractivity contribution in [3.63, 3.8) is 0 Å². The van der Waals surface area contributed by atoms with Crippen molar-refractivity contribution in [3.8, 4) is 16.9 Å². The van der Waals surface area contributed by atoms with Crippen molar-refractivity contribution in [3.05, 3.63) is 48.8 Å². The smallest absolute Gasteiger partial charge is 0.258 e.